The summed E-state index contributed by atoms with van der Waals surface area (Å²) in [4.78, 5) is 0. The van der Waals surface area contributed by atoms with Crippen molar-refractivity contribution in [2.45, 2.75) is 24.9 Å². The van der Waals surface area contributed by atoms with Crippen molar-refractivity contribution in [1.82, 2.24) is 18.1 Å². The molecule has 0 aliphatic rings. The Morgan fingerprint density at radius 3 is 1.25 bits per heavy atom. The highest BCUT2D eigenvalue weighted by Gasteiger charge is 2.21. The predicted molar refractivity (Wildman–Crippen MR) is 128 cm³/mol. The standard InChI is InChI=1S/C22H32N4O4S2/c1-25(2)31(27,28)23-21(17-19-11-7-5-8-12-19)15-16-22(24-32(29,30)26(3)4)18-20-13-9-6-10-14-20/h5-16,21-24H,17-18H2,1-4H3. The van der Waals surface area contributed by atoms with Crippen molar-refractivity contribution in [3.8, 4) is 0 Å². The summed E-state index contributed by atoms with van der Waals surface area (Å²) in [6.07, 6.45) is 4.26. The first-order valence-corrected chi connectivity index (χ1v) is 13.0. The van der Waals surface area contributed by atoms with Crippen molar-refractivity contribution in [2.24, 2.45) is 0 Å². The fourth-order valence-electron chi connectivity index (χ4n) is 2.90. The lowest BCUT2D eigenvalue weighted by molar-refractivity contribution is 0.493. The average Bonchev–Trinajstić information content (AvgIpc) is 2.72. The molecule has 2 atom stereocenters. The first-order valence-electron chi connectivity index (χ1n) is 10.2. The van der Waals surface area contributed by atoms with Crippen LogP contribution in [0.15, 0.2) is 72.8 Å². The summed E-state index contributed by atoms with van der Waals surface area (Å²) in [5, 5.41) is 0. The number of hydrogen-bond donors (Lipinski definition) is 2. The summed E-state index contributed by atoms with van der Waals surface area (Å²) in [6.45, 7) is 0. The lowest BCUT2D eigenvalue weighted by Crippen LogP contribution is -2.44. The van der Waals surface area contributed by atoms with Gasteiger partial charge in [0.05, 0.1) is 0 Å². The molecule has 2 aromatic rings. The molecule has 0 amide bonds. The zero-order chi connectivity index (χ0) is 23.8. The van der Waals surface area contributed by atoms with Crippen molar-refractivity contribution in [2.75, 3.05) is 28.2 Å². The number of rotatable bonds is 12. The van der Waals surface area contributed by atoms with Crippen molar-refractivity contribution in [1.29, 1.82) is 0 Å². The van der Waals surface area contributed by atoms with E-state index in [1.807, 2.05) is 60.7 Å². The smallest absolute Gasteiger partial charge is 0.195 e. The van der Waals surface area contributed by atoms with E-state index in [0.29, 0.717) is 12.8 Å². The van der Waals surface area contributed by atoms with E-state index in [9.17, 15) is 16.8 Å². The van der Waals surface area contributed by atoms with Gasteiger partial charge in [0.2, 0.25) is 0 Å². The van der Waals surface area contributed by atoms with Gasteiger partial charge >= 0.3 is 0 Å². The molecule has 0 aromatic heterocycles. The van der Waals surface area contributed by atoms with E-state index in [0.717, 1.165) is 19.7 Å². The van der Waals surface area contributed by atoms with Crippen molar-refractivity contribution < 1.29 is 16.8 Å². The molecule has 32 heavy (non-hydrogen) atoms. The van der Waals surface area contributed by atoms with Gasteiger partial charge in [0.25, 0.3) is 20.4 Å². The monoisotopic (exact) mass is 480 g/mol. The van der Waals surface area contributed by atoms with Crippen LogP contribution in [0.25, 0.3) is 0 Å². The molecule has 10 heteroatoms. The van der Waals surface area contributed by atoms with E-state index in [-0.39, 0.29) is 0 Å². The average molecular weight is 481 g/mol. The van der Waals surface area contributed by atoms with Crippen LogP contribution in [-0.4, -0.2) is 65.7 Å². The van der Waals surface area contributed by atoms with Crippen LogP contribution in [0.4, 0.5) is 0 Å². The fraction of sp³-hybridized carbons (Fsp3) is 0.364. The van der Waals surface area contributed by atoms with Crippen LogP contribution in [0.1, 0.15) is 11.1 Å². The quantitative estimate of drug-likeness (QED) is 0.451. The molecule has 0 spiro atoms. The van der Waals surface area contributed by atoms with Crippen LogP contribution in [0.2, 0.25) is 0 Å². The Labute approximate surface area is 192 Å². The normalized spacial score (nSPS) is 14.8. The molecular weight excluding hydrogens is 448 g/mol. The molecule has 2 unspecified atom stereocenters. The van der Waals surface area contributed by atoms with Crippen LogP contribution in [0.5, 0.6) is 0 Å². The second kappa shape index (κ2) is 11.7. The maximum absolute atomic E-state index is 12.4. The van der Waals surface area contributed by atoms with Gasteiger partial charge in [-0.3, -0.25) is 0 Å². The minimum atomic E-state index is -3.69. The topological polar surface area (TPSA) is 98.8 Å². The lowest BCUT2D eigenvalue weighted by Gasteiger charge is -2.21. The first-order chi connectivity index (χ1) is 15.0. The van der Waals surface area contributed by atoms with Crippen LogP contribution in [0.3, 0.4) is 0 Å². The van der Waals surface area contributed by atoms with Gasteiger partial charge in [-0.25, -0.2) is 0 Å². The van der Waals surface area contributed by atoms with Crippen LogP contribution >= 0.6 is 0 Å². The molecule has 0 radical (unpaired) electrons. The Balaban J connectivity index is 2.32. The summed E-state index contributed by atoms with van der Waals surface area (Å²) >= 11 is 0. The maximum Gasteiger partial charge on any atom is 0.279 e. The largest absolute Gasteiger partial charge is 0.279 e. The Hall–Kier alpha value is -2.08. The fourth-order valence-corrected chi connectivity index (χ4v) is 4.41. The number of hydrogen-bond acceptors (Lipinski definition) is 4. The van der Waals surface area contributed by atoms with E-state index in [1.165, 1.54) is 28.2 Å². The molecule has 0 bridgehead atoms. The van der Waals surface area contributed by atoms with E-state index in [1.54, 1.807) is 12.2 Å². The summed E-state index contributed by atoms with van der Waals surface area (Å²) in [6, 6.07) is 17.9. The number of benzene rings is 2. The van der Waals surface area contributed by atoms with Gasteiger partial charge < -0.3 is 0 Å². The summed E-state index contributed by atoms with van der Waals surface area (Å²) in [5.41, 5.74) is 1.91. The first kappa shape index (κ1) is 26.2. The summed E-state index contributed by atoms with van der Waals surface area (Å²) in [7, 11) is -1.56. The molecule has 0 fully saturated rings. The molecule has 8 nitrogen and oxygen atoms in total. The molecule has 0 heterocycles. The van der Waals surface area contributed by atoms with Crippen LogP contribution < -0.4 is 9.44 Å². The zero-order valence-corrected chi connectivity index (χ0v) is 20.5. The highest BCUT2D eigenvalue weighted by Crippen LogP contribution is 2.10. The summed E-state index contributed by atoms with van der Waals surface area (Å²) < 4.78 is 57.3. The zero-order valence-electron chi connectivity index (χ0n) is 18.8. The molecular formula is C22H32N4O4S2. The van der Waals surface area contributed by atoms with Crippen molar-refractivity contribution in [3.05, 3.63) is 83.9 Å². The Morgan fingerprint density at radius 2 is 0.969 bits per heavy atom. The van der Waals surface area contributed by atoms with Crippen molar-refractivity contribution in [3.63, 3.8) is 0 Å². The third-order valence-electron chi connectivity index (χ3n) is 4.73. The maximum atomic E-state index is 12.4. The molecule has 2 aromatic carbocycles. The van der Waals surface area contributed by atoms with Crippen molar-refractivity contribution >= 4 is 20.4 Å². The van der Waals surface area contributed by atoms with Gasteiger partial charge in [-0.1, -0.05) is 72.8 Å². The Morgan fingerprint density at radius 1 is 0.656 bits per heavy atom. The van der Waals surface area contributed by atoms with Crippen LogP contribution in [0, 0.1) is 0 Å². The highest BCUT2D eigenvalue weighted by atomic mass is 32.2. The molecule has 2 N–H and O–H groups in total. The Kier molecular flexibility index (Phi) is 9.56. The van der Waals surface area contributed by atoms with Gasteiger partial charge in [-0.05, 0) is 24.0 Å². The lowest BCUT2D eigenvalue weighted by atomic mass is 10.0. The second-order valence-electron chi connectivity index (χ2n) is 7.79. The third-order valence-corrected chi connectivity index (χ3v) is 7.86. The van der Waals surface area contributed by atoms with E-state index in [4.69, 9.17) is 0 Å². The van der Waals surface area contributed by atoms with E-state index >= 15 is 0 Å². The highest BCUT2D eigenvalue weighted by molar-refractivity contribution is 7.87. The van der Waals surface area contributed by atoms with Crippen LogP contribution in [-0.2, 0) is 33.3 Å². The van der Waals surface area contributed by atoms with Gasteiger partial charge in [0.15, 0.2) is 0 Å². The molecule has 0 aliphatic carbocycles. The summed E-state index contributed by atoms with van der Waals surface area (Å²) in [5.74, 6) is 0. The molecule has 2 rings (SSSR count). The van der Waals surface area contributed by atoms with Gasteiger partial charge in [-0.15, -0.1) is 0 Å². The second-order valence-corrected chi connectivity index (χ2v) is 11.6. The molecule has 0 saturated carbocycles. The third kappa shape index (κ3) is 8.45. The minimum Gasteiger partial charge on any atom is -0.195 e. The predicted octanol–water partition coefficient (Wildman–Crippen LogP) is 1.56. The van der Waals surface area contributed by atoms with E-state index in [2.05, 4.69) is 9.44 Å². The number of nitrogens with one attached hydrogen (secondary N) is 2. The van der Waals surface area contributed by atoms with E-state index < -0.39 is 32.5 Å². The molecule has 0 saturated heterocycles. The molecule has 176 valence electrons. The molecule has 0 aliphatic heterocycles. The SMILES string of the molecule is CN(C)S(=O)(=O)NC(C=CC(Cc1ccccc1)NS(=O)(=O)N(C)C)Cc1ccccc1. The Bertz CT molecular complexity index is 984. The van der Waals surface area contributed by atoms with Gasteiger partial charge in [-0.2, -0.15) is 34.9 Å². The minimum absolute atomic E-state index is 0.420. The van der Waals surface area contributed by atoms with Gasteiger partial charge in [0, 0.05) is 40.3 Å². The van der Waals surface area contributed by atoms with Gasteiger partial charge in [0.1, 0.15) is 0 Å². The number of nitrogens with zero attached hydrogens (tertiary/aromatic N) is 2.